The van der Waals surface area contributed by atoms with E-state index in [4.69, 9.17) is 4.74 Å². The maximum Gasteiger partial charge on any atom is 0.415 e. The number of amides is 2. The minimum atomic E-state index is -0.378. The van der Waals surface area contributed by atoms with Crippen LogP contribution in [0.2, 0.25) is 0 Å². The number of benzene rings is 1. The van der Waals surface area contributed by atoms with Crippen molar-refractivity contribution in [3.05, 3.63) is 59.8 Å². The number of hydrogen-bond acceptors (Lipinski definition) is 7. The fourth-order valence-electron chi connectivity index (χ4n) is 5.28. The lowest BCUT2D eigenvalue weighted by molar-refractivity contribution is -0.117. The van der Waals surface area contributed by atoms with Gasteiger partial charge in [-0.2, -0.15) is 4.98 Å². The van der Waals surface area contributed by atoms with Gasteiger partial charge in [-0.05, 0) is 49.8 Å². The Balaban J connectivity index is 1.26. The molecule has 2 fully saturated rings. The van der Waals surface area contributed by atoms with Gasteiger partial charge in [0.15, 0.2) is 0 Å². The van der Waals surface area contributed by atoms with Gasteiger partial charge < -0.3 is 15.4 Å². The molecule has 2 amide bonds. The minimum absolute atomic E-state index is 0.00937. The first-order valence-electron chi connectivity index (χ1n) is 13.3. The smallest absolute Gasteiger partial charge is 0.415 e. The Labute approximate surface area is 218 Å². The van der Waals surface area contributed by atoms with Crippen molar-refractivity contribution >= 4 is 23.8 Å². The summed E-state index contributed by atoms with van der Waals surface area (Å²) in [6.45, 7) is 10.1. The maximum atomic E-state index is 12.1. The van der Waals surface area contributed by atoms with Crippen molar-refractivity contribution in [3.8, 4) is 0 Å². The first-order valence-corrected chi connectivity index (χ1v) is 13.3. The van der Waals surface area contributed by atoms with Crippen molar-refractivity contribution in [2.75, 3.05) is 29.9 Å². The van der Waals surface area contributed by atoms with Crippen LogP contribution in [0.25, 0.3) is 0 Å². The topological polar surface area (TPSA) is 99.7 Å². The summed E-state index contributed by atoms with van der Waals surface area (Å²) in [5.41, 5.74) is 3.26. The quantitative estimate of drug-likeness (QED) is 0.464. The highest BCUT2D eigenvalue weighted by Gasteiger charge is 2.34. The average molecular weight is 505 g/mol. The van der Waals surface area contributed by atoms with Crippen molar-refractivity contribution < 1.29 is 14.3 Å². The summed E-state index contributed by atoms with van der Waals surface area (Å²) in [4.78, 5) is 36.9. The number of aromatic nitrogens is 2. The molecule has 1 aromatic carbocycles. The van der Waals surface area contributed by atoms with Crippen LogP contribution in [0.5, 0.6) is 0 Å². The fourth-order valence-corrected chi connectivity index (χ4v) is 5.28. The molecule has 2 N–H and O–H groups in total. The molecule has 37 heavy (non-hydrogen) atoms. The second-order valence-electron chi connectivity index (χ2n) is 10.3. The summed E-state index contributed by atoms with van der Waals surface area (Å²) >= 11 is 0. The van der Waals surface area contributed by atoms with Gasteiger partial charge >= 0.3 is 6.09 Å². The maximum absolute atomic E-state index is 12.1. The third-order valence-corrected chi connectivity index (χ3v) is 7.60. The number of carbonyl (C=O) groups is 2. The van der Waals surface area contributed by atoms with Crippen molar-refractivity contribution in [3.63, 3.8) is 0 Å². The summed E-state index contributed by atoms with van der Waals surface area (Å²) in [5.74, 6) is 1.80. The van der Waals surface area contributed by atoms with Crippen LogP contribution in [0.15, 0.2) is 43.1 Å². The van der Waals surface area contributed by atoms with Crippen LogP contribution in [-0.4, -0.2) is 52.5 Å². The Morgan fingerprint density at radius 3 is 2.70 bits per heavy atom. The molecule has 0 spiro atoms. The number of ether oxygens (including phenoxy) is 1. The van der Waals surface area contributed by atoms with Gasteiger partial charge in [0.1, 0.15) is 12.4 Å². The van der Waals surface area contributed by atoms with Gasteiger partial charge in [0.05, 0.1) is 11.6 Å². The summed E-state index contributed by atoms with van der Waals surface area (Å²) < 4.78 is 5.18. The molecule has 5 rings (SSSR count). The molecular weight excluding hydrogens is 468 g/mol. The molecule has 0 radical (unpaired) electrons. The summed E-state index contributed by atoms with van der Waals surface area (Å²) in [5, 5.41) is 6.45. The van der Waals surface area contributed by atoms with E-state index < -0.39 is 0 Å². The van der Waals surface area contributed by atoms with Gasteiger partial charge in [0.25, 0.3) is 0 Å². The van der Waals surface area contributed by atoms with Gasteiger partial charge in [-0.1, -0.05) is 43.7 Å². The summed E-state index contributed by atoms with van der Waals surface area (Å²) in [7, 11) is 0. The van der Waals surface area contributed by atoms with Crippen LogP contribution >= 0.6 is 0 Å². The molecule has 1 aromatic heterocycles. The Morgan fingerprint density at radius 1 is 1.24 bits per heavy atom. The van der Waals surface area contributed by atoms with E-state index in [1.165, 1.54) is 29.4 Å². The van der Waals surface area contributed by atoms with Crippen LogP contribution in [0.4, 0.5) is 16.6 Å². The number of nitrogens with zero attached hydrogens (tertiary/aromatic N) is 4. The van der Waals surface area contributed by atoms with Crippen LogP contribution in [0, 0.1) is 5.92 Å². The number of hydrogen-bond donors (Lipinski definition) is 2. The van der Waals surface area contributed by atoms with E-state index in [1.54, 1.807) is 6.20 Å². The number of anilines is 2. The van der Waals surface area contributed by atoms with E-state index in [1.807, 2.05) is 6.92 Å². The molecule has 1 unspecified atom stereocenters. The lowest BCUT2D eigenvalue weighted by atomic mass is 9.97. The molecule has 3 aliphatic rings. The summed E-state index contributed by atoms with van der Waals surface area (Å²) in [6, 6.07) is 9.35. The first kappa shape index (κ1) is 25.2. The molecule has 9 heteroatoms. The molecule has 196 valence electrons. The fraction of sp³-hybridized carbons (Fsp3) is 0.500. The molecule has 2 aliphatic heterocycles. The number of cyclic esters (lactones) is 1. The van der Waals surface area contributed by atoms with E-state index in [2.05, 4.69) is 63.3 Å². The highest BCUT2D eigenvalue weighted by Crippen LogP contribution is 2.41. The lowest BCUT2D eigenvalue weighted by Gasteiger charge is -2.29. The van der Waals surface area contributed by atoms with Crippen LogP contribution in [-0.2, 0) is 16.1 Å². The highest BCUT2D eigenvalue weighted by molar-refractivity contribution is 5.89. The monoisotopic (exact) mass is 504 g/mol. The zero-order valence-corrected chi connectivity index (χ0v) is 21.7. The molecule has 1 aliphatic carbocycles. The van der Waals surface area contributed by atoms with E-state index >= 15 is 0 Å². The Kier molecular flexibility index (Phi) is 7.41. The molecule has 1 saturated heterocycles. The SMILES string of the molecule is C=CC(=O)N[C@@H]1CCN(C(CC2CC2)c2ccc([C@H](C)Nc3ncc4c(n3)N(CC)C(=O)OC4)cc2)C1. The standard InChI is InChI=1S/C28H36N6O3/c1-4-25(35)31-23-12-13-33(16-23)24(14-19-6-7-19)21-10-8-20(9-11-21)18(3)30-27-29-15-22-17-37-28(36)34(5-2)26(22)32-27/h4,8-11,15,18-19,23-24H,1,5-7,12-14,16-17H2,2-3H3,(H,31,35)(H,29,30,32)/t18-,23+,24?/m0/s1. The lowest BCUT2D eigenvalue weighted by Crippen LogP contribution is -2.37. The first-order chi connectivity index (χ1) is 17.9. The molecular formula is C28H36N6O3. The predicted octanol–water partition coefficient (Wildman–Crippen LogP) is 4.34. The van der Waals surface area contributed by atoms with Crippen molar-refractivity contribution in [2.45, 2.75) is 64.3 Å². The van der Waals surface area contributed by atoms with E-state index in [0.717, 1.165) is 43.0 Å². The molecule has 3 atom stereocenters. The molecule has 3 heterocycles. The van der Waals surface area contributed by atoms with Gasteiger partial charge in [0.2, 0.25) is 11.9 Å². The van der Waals surface area contributed by atoms with Crippen molar-refractivity contribution in [1.82, 2.24) is 20.2 Å². The number of rotatable bonds is 10. The van der Waals surface area contributed by atoms with E-state index in [9.17, 15) is 9.59 Å². The highest BCUT2D eigenvalue weighted by atomic mass is 16.6. The normalized spacial score (nSPS) is 21.1. The Morgan fingerprint density at radius 2 is 2.00 bits per heavy atom. The zero-order valence-electron chi connectivity index (χ0n) is 21.7. The van der Waals surface area contributed by atoms with Crippen LogP contribution in [0.3, 0.4) is 0 Å². The molecule has 2 aromatic rings. The van der Waals surface area contributed by atoms with Gasteiger partial charge in [-0.25, -0.2) is 9.78 Å². The largest absolute Gasteiger partial charge is 0.444 e. The minimum Gasteiger partial charge on any atom is -0.444 e. The van der Waals surface area contributed by atoms with Crippen molar-refractivity contribution in [2.24, 2.45) is 5.92 Å². The molecule has 1 saturated carbocycles. The Hall–Kier alpha value is -3.46. The molecule has 0 bridgehead atoms. The zero-order chi connectivity index (χ0) is 25.9. The Bertz CT molecular complexity index is 1150. The third kappa shape index (κ3) is 5.77. The number of fused-ring (bicyclic) bond motifs is 1. The number of likely N-dealkylation sites (tertiary alicyclic amines) is 1. The molecule has 9 nitrogen and oxygen atoms in total. The van der Waals surface area contributed by atoms with Crippen LogP contribution in [0.1, 0.15) is 68.3 Å². The van der Waals surface area contributed by atoms with E-state index in [0.29, 0.717) is 24.4 Å². The van der Waals surface area contributed by atoms with Gasteiger partial charge in [-0.15, -0.1) is 0 Å². The van der Waals surface area contributed by atoms with Crippen molar-refractivity contribution in [1.29, 1.82) is 0 Å². The van der Waals surface area contributed by atoms with E-state index in [-0.39, 0.29) is 30.7 Å². The number of nitrogens with one attached hydrogen (secondary N) is 2. The van der Waals surface area contributed by atoms with Gasteiger partial charge in [0, 0.05) is 37.9 Å². The summed E-state index contributed by atoms with van der Waals surface area (Å²) in [6.07, 6.45) is 7.45. The van der Waals surface area contributed by atoms with Crippen LogP contribution < -0.4 is 15.5 Å². The second-order valence-corrected chi connectivity index (χ2v) is 10.3. The second kappa shape index (κ2) is 10.9. The van der Waals surface area contributed by atoms with Gasteiger partial charge in [-0.3, -0.25) is 14.6 Å². The average Bonchev–Trinajstić information content (AvgIpc) is 3.63. The number of carbonyl (C=O) groups excluding carboxylic acids is 2. The third-order valence-electron chi connectivity index (χ3n) is 7.60. The predicted molar refractivity (Wildman–Crippen MR) is 142 cm³/mol.